The number of carbonyl (C=O) groups excluding carboxylic acids is 1. The number of amidine groups is 1. The minimum Gasteiger partial charge on any atom is -0.507 e. The van der Waals surface area contributed by atoms with Crippen molar-refractivity contribution in [3.05, 3.63) is 64.1 Å². The van der Waals surface area contributed by atoms with E-state index in [4.69, 9.17) is 16.6 Å². The molecule has 0 bridgehead atoms. The number of phenols is 1. The summed E-state index contributed by atoms with van der Waals surface area (Å²) in [6.45, 7) is 4.51. The second-order valence-corrected chi connectivity index (χ2v) is 10.5. The fourth-order valence-electron chi connectivity index (χ4n) is 5.66. The van der Waals surface area contributed by atoms with Crippen molar-refractivity contribution in [2.75, 3.05) is 38.6 Å². The van der Waals surface area contributed by atoms with Gasteiger partial charge in [0.05, 0.1) is 21.8 Å². The highest BCUT2D eigenvalue weighted by molar-refractivity contribution is 6.33. The molecule has 1 amide bonds. The summed E-state index contributed by atoms with van der Waals surface area (Å²) < 4.78 is 15.0. The van der Waals surface area contributed by atoms with Crippen LogP contribution in [-0.2, 0) is 17.6 Å². The molecular formula is C29H32ClFN6O2. The van der Waals surface area contributed by atoms with Gasteiger partial charge in [-0.3, -0.25) is 9.79 Å². The number of hydrogen-bond acceptors (Lipinski definition) is 6. The van der Waals surface area contributed by atoms with Gasteiger partial charge in [-0.05, 0) is 75.0 Å². The molecule has 1 saturated heterocycles. The summed E-state index contributed by atoms with van der Waals surface area (Å²) in [7, 11) is 3.77. The number of pyridine rings is 2. The summed E-state index contributed by atoms with van der Waals surface area (Å²) in [5.74, 6) is 0.371. The molecular weight excluding hydrogens is 519 g/mol. The van der Waals surface area contributed by atoms with E-state index in [1.165, 1.54) is 23.1 Å². The summed E-state index contributed by atoms with van der Waals surface area (Å²) in [6, 6.07) is 7.80. The van der Waals surface area contributed by atoms with Crippen molar-refractivity contribution in [1.82, 2.24) is 19.8 Å². The second-order valence-electron chi connectivity index (χ2n) is 10.1. The van der Waals surface area contributed by atoms with E-state index in [9.17, 15) is 14.3 Å². The number of piperazine rings is 1. The summed E-state index contributed by atoms with van der Waals surface area (Å²) in [6.07, 6.45) is 6.15. The predicted molar refractivity (Wildman–Crippen MR) is 152 cm³/mol. The van der Waals surface area contributed by atoms with E-state index in [0.717, 1.165) is 56.4 Å². The van der Waals surface area contributed by atoms with Crippen molar-refractivity contribution < 1.29 is 14.3 Å². The Morgan fingerprint density at radius 2 is 2.03 bits per heavy atom. The van der Waals surface area contributed by atoms with Gasteiger partial charge in [-0.15, -0.1) is 0 Å². The van der Waals surface area contributed by atoms with Crippen LogP contribution in [0.4, 0.5) is 16.0 Å². The zero-order chi connectivity index (χ0) is 27.7. The lowest BCUT2D eigenvalue weighted by Gasteiger charge is -2.40. The minimum absolute atomic E-state index is 0.0320. The molecule has 39 heavy (non-hydrogen) atoms. The number of likely N-dealkylation sites (N-methyl/N-ethyl adjacent to an activating group) is 1. The van der Waals surface area contributed by atoms with Crippen molar-refractivity contribution >= 4 is 35.5 Å². The first-order valence-electron chi connectivity index (χ1n) is 13.2. The van der Waals surface area contributed by atoms with E-state index >= 15 is 0 Å². The zero-order valence-corrected chi connectivity index (χ0v) is 23.1. The monoisotopic (exact) mass is 550 g/mol. The van der Waals surface area contributed by atoms with Crippen LogP contribution < -0.4 is 4.90 Å². The van der Waals surface area contributed by atoms with Crippen molar-refractivity contribution in [3.63, 3.8) is 0 Å². The van der Waals surface area contributed by atoms with Crippen LogP contribution in [-0.4, -0.2) is 76.9 Å². The van der Waals surface area contributed by atoms with Gasteiger partial charge in [-0.25, -0.2) is 19.3 Å². The molecule has 0 spiro atoms. The Balaban J connectivity index is 1.75. The molecule has 1 fully saturated rings. The number of fused-ring (bicyclic) bond motifs is 1. The molecule has 2 aliphatic rings. The van der Waals surface area contributed by atoms with Crippen LogP contribution in [0.25, 0.3) is 11.3 Å². The number of rotatable bonds is 5. The normalized spacial score (nSPS) is 18.1. The lowest BCUT2D eigenvalue weighted by Crippen LogP contribution is -2.53. The van der Waals surface area contributed by atoms with Gasteiger partial charge >= 0.3 is 0 Å². The number of halogens is 2. The average Bonchev–Trinajstić information content (AvgIpc) is 2.92. The van der Waals surface area contributed by atoms with Gasteiger partial charge in [0.1, 0.15) is 23.2 Å². The third-order valence-electron chi connectivity index (χ3n) is 7.55. The third-order valence-corrected chi connectivity index (χ3v) is 7.84. The number of carbonyl (C=O) groups is 1. The average molecular weight is 551 g/mol. The number of amides is 1. The number of anilines is 2. The van der Waals surface area contributed by atoms with Crippen molar-refractivity contribution in [2.45, 2.75) is 38.6 Å². The minimum atomic E-state index is -0.673. The van der Waals surface area contributed by atoms with Crippen LogP contribution in [0.2, 0.25) is 5.02 Å². The predicted octanol–water partition coefficient (Wildman–Crippen LogP) is 4.83. The Bertz CT molecular complexity index is 1410. The maximum atomic E-state index is 15.0. The van der Waals surface area contributed by atoms with Crippen LogP contribution in [0.1, 0.15) is 36.5 Å². The summed E-state index contributed by atoms with van der Waals surface area (Å²) in [4.78, 5) is 32.7. The summed E-state index contributed by atoms with van der Waals surface area (Å²) in [5, 5.41) is 10.7. The molecule has 8 nitrogen and oxygen atoms in total. The van der Waals surface area contributed by atoms with Gasteiger partial charge in [0.25, 0.3) is 0 Å². The quantitative estimate of drug-likeness (QED) is 0.278. The molecule has 2 aromatic heterocycles. The Hall–Kier alpha value is -3.56. The number of nitrogens with zero attached hydrogens (tertiary/aromatic N) is 6. The smallest absolute Gasteiger partial charge is 0.221 e. The van der Waals surface area contributed by atoms with Crippen molar-refractivity contribution in [1.29, 1.82) is 0 Å². The molecule has 10 heteroatoms. The molecule has 1 unspecified atom stereocenters. The zero-order valence-electron chi connectivity index (χ0n) is 22.4. The highest BCUT2D eigenvalue weighted by Gasteiger charge is 2.31. The lowest BCUT2D eigenvalue weighted by molar-refractivity contribution is -0.106. The van der Waals surface area contributed by atoms with Gasteiger partial charge in [0.2, 0.25) is 6.41 Å². The van der Waals surface area contributed by atoms with Gasteiger partial charge < -0.3 is 14.9 Å². The number of hydrogen-bond donors (Lipinski definition) is 1. The van der Waals surface area contributed by atoms with E-state index in [1.54, 1.807) is 19.3 Å². The Morgan fingerprint density at radius 1 is 1.23 bits per heavy atom. The van der Waals surface area contributed by atoms with Crippen LogP contribution >= 0.6 is 11.6 Å². The number of phenolic OH excluding ortho intramolecular Hbond substituents is 1. The largest absolute Gasteiger partial charge is 0.507 e. The van der Waals surface area contributed by atoms with Crippen molar-refractivity contribution in [2.24, 2.45) is 4.99 Å². The number of aromatic hydroxyl groups is 1. The van der Waals surface area contributed by atoms with Crippen LogP contribution in [0, 0.1) is 5.82 Å². The third kappa shape index (κ3) is 5.08. The fourth-order valence-corrected chi connectivity index (χ4v) is 5.91. The first kappa shape index (κ1) is 27.0. The Kier molecular flexibility index (Phi) is 7.81. The fraction of sp³-hybridized carbons (Fsp3) is 0.379. The molecule has 1 aromatic carbocycles. The SMILES string of the molecule is C/N=C(\c1cc(Cl)c(-c2c(O)cccc2F)nc1N(C=O)c1nccc2c1CCCC2)N1CCN(C)CC1C. The Labute approximate surface area is 232 Å². The number of aliphatic imine (C=N–C) groups is 1. The molecule has 0 radical (unpaired) electrons. The highest BCUT2D eigenvalue weighted by atomic mass is 35.5. The molecule has 1 N–H and O–H groups in total. The van der Waals surface area contributed by atoms with Gasteiger partial charge in [0.15, 0.2) is 5.82 Å². The van der Waals surface area contributed by atoms with E-state index in [0.29, 0.717) is 23.6 Å². The molecule has 5 rings (SSSR count). The van der Waals surface area contributed by atoms with Crippen LogP contribution in [0.5, 0.6) is 5.75 Å². The maximum Gasteiger partial charge on any atom is 0.221 e. The number of aryl methyl sites for hydroxylation is 1. The van der Waals surface area contributed by atoms with E-state index < -0.39 is 5.82 Å². The topological polar surface area (TPSA) is 85.2 Å². The molecule has 204 valence electrons. The van der Waals surface area contributed by atoms with Crippen LogP contribution in [0.3, 0.4) is 0 Å². The standard InChI is InChI=1S/C29H32ClFN6O2/c1-18-16-35(3)13-14-36(18)27(32-2)21-15-22(30)26(25-23(31)9-6-10-24(25)39)34-29(21)37(17-38)28-20-8-5-4-7-19(20)11-12-33-28/h6,9-12,15,17-18,39H,4-5,7-8,13-14,16H2,1-3H3/b32-27+. The highest BCUT2D eigenvalue weighted by Crippen LogP contribution is 2.40. The molecule has 0 saturated carbocycles. The summed E-state index contributed by atoms with van der Waals surface area (Å²) >= 11 is 6.74. The van der Waals surface area contributed by atoms with E-state index in [1.807, 2.05) is 6.07 Å². The first-order valence-corrected chi connectivity index (χ1v) is 13.5. The second kappa shape index (κ2) is 11.3. The Morgan fingerprint density at radius 3 is 2.74 bits per heavy atom. The number of aromatic nitrogens is 2. The lowest BCUT2D eigenvalue weighted by atomic mass is 9.92. The van der Waals surface area contributed by atoms with E-state index in [-0.39, 0.29) is 33.9 Å². The molecule has 1 aliphatic heterocycles. The van der Waals surface area contributed by atoms with E-state index in [2.05, 4.69) is 33.7 Å². The van der Waals surface area contributed by atoms with Gasteiger partial charge in [-0.1, -0.05) is 17.7 Å². The van der Waals surface area contributed by atoms with Gasteiger partial charge in [-0.2, -0.15) is 0 Å². The first-order chi connectivity index (χ1) is 18.8. The molecule has 1 aliphatic carbocycles. The summed E-state index contributed by atoms with van der Waals surface area (Å²) in [5.41, 5.74) is 2.58. The molecule has 1 atom stereocenters. The van der Waals surface area contributed by atoms with Crippen LogP contribution in [0.15, 0.2) is 41.5 Å². The number of benzene rings is 1. The molecule has 3 aromatic rings. The van der Waals surface area contributed by atoms with Gasteiger partial charge in [0, 0.05) is 38.9 Å². The maximum absolute atomic E-state index is 15.0. The molecule has 3 heterocycles. The van der Waals surface area contributed by atoms with Crippen molar-refractivity contribution in [3.8, 4) is 17.0 Å².